The van der Waals surface area contributed by atoms with Crippen molar-refractivity contribution in [2.45, 2.75) is 6.54 Å². The van der Waals surface area contributed by atoms with Gasteiger partial charge < -0.3 is 10.1 Å². The molecule has 0 aliphatic carbocycles. The van der Waals surface area contributed by atoms with Gasteiger partial charge in [0.25, 0.3) is 0 Å². The van der Waals surface area contributed by atoms with Gasteiger partial charge in [0, 0.05) is 30.1 Å². The lowest BCUT2D eigenvalue weighted by molar-refractivity contribution is 0.0347. The van der Waals surface area contributed by atoms with E-state index in [2.05, 4.69) is 56.1 Å². The first-order valence-electron chi connectivity index (χ1n) is 9.35. The van der Waals surface area contributed by atoms with Crippen molar-refractivity contribution in [3.8, 4) is 21.1 Å². The Morgan fingerprint density at radius 2 is 1.83 bits per heavy atom. The van der Waals surface area contributed by atoms with E-state index in [0.717, 1.165) is 64.3 Å². The lowest BCUT2D eigenvalue weighted by Crippen LogP contribution is -2.35. The molecule has 148 valence electrons. The second-order valence-corrected chi connectivity index (χ2v) is 9.57. The van der Waals surface area contributed by atoms with Gasteiger partial charge in [-0.2, -0.15) is 0 Å². The summed E-state index contributed by atoms with van der Waals surface area (Å²) < 4.78 is 5.49. The van der Waals surface area contributed by atoms with Crippen LogP contribution in [0.4, 0.5) is 10.3 Å². The van der Waals surface area contributed by atoms with Crippen molar-refractivity contribution >= 4 is 44.3 Å². The van der Waals surface area contributed by atoms with Gasteiger partial charge in [0.1, 0.15) is 0 Å². The van der Waals surface area contributed by atoms with E-state index in [-0.39, 0.29) is 0 Å². The zero-order valence-electron chi connectivity index (χ0n) is 15.6. The maximum absolute atomic E-state index is 5.49. The normalized spacial score (nSPS) is 14.9. The fraction of sp³-hybridized carbons (Fsp3) is 0.250. The number of nitrogens with zero attached hydrogens (tertiary/aromatic N) is 4. The van der Waals surface area contributed by atoms with Crippen molar-refractivity contribution in [3.05, 3.63) is 52.7 Å². The summed E-state index contributed by atoms with van der Waals surface area (Å²) >= 11 is 4.91. The number of ether oxygens (including phenoxy) is 1. The summed E-state index contributed by atoms with van der Waals surface area (Å²) in [6, 6.07) is 14.5. The number of nitrogens with one attached hydrogen (secondary N) is 1. The average Bonchev–Trinajstić information content (AvgIpc) is 3.51. The molecule has 0 unspecified atom stereocenters. The van der Waals surface area contributed by atoms with Crippen LogP contribution in [0.3, 0.4) is 0 Å². The summed E-state index contributed by atoms with van der Waals surface area (Å²) in [7, 11) is 0. The van der Waals surface area contributed by atoms with Crippen molar-refractivity contribution in [2.75, 3.05) is 31.6 Å². The van der Waals surface area contributed by atoms with E-state index in [4.69, 9.17) is 9.72 Å². The van der Waals surface area contributed by atoms with Gasteiger partial charge in [0.2, 0.25) is 5.13 Å². The van der Waals surface area contributed by atoms with Crippen molar-refractivity contribution in [3.63, 3.8) is 0 Å². The van der Waals surface area contributed by atoms with Gasteiger partial charge in [-0.25, -0.2) is 4.98 Å². The maximum Gasteiger partial charge on any atom is 0.212 e. The molecule has 4 aromatic rings. The summed E-state index contributed by atoms with van der Waals surface area (Å²) in [5.74, 6) is 0. The fourth-order valence-corrected chi connectivity index (χ4v) is 5.79. The van der Waals surface area contributed by atoms with Crippen LogP contribution in [0.5, 0.6) is 0 Å². The number of hydrogen-bond acceptors (Lipinski definition) is 9. The lowest BCUT2D eigenvalue weighted by Gasteiger charge is -2.26. The highest BCUT2D eigenvalue weighted by molar-refractivity contribution is 7.23. The second kappa shape index (κ2) is 8.68. The SMILES string of the molecule is c1ccc(-c2nc(Nc3nnc(-c4cccs4)s3)sc2CN2CCOCC2)cc1. The largest absolute Gasteiger partial charge is 0.379 e. The minimum atomic E-state index is 0.764. The number of aromatic nitrogens is 3. The number of morpholine rings is 1. The Bertz CT molecular complexity index is 1060. The zero-order chi connectivity index (χ0) is 19.5. The Morgan fingerprint density at radius 3 is 2.62 bits per heavy atom. The number of anilines is 2. The molecule has 1 aliphatic heterocycles. The third kappa shape index (κ3) is 4.39. The molecule has 9 heteroatoms. The van der Waals surface area contributed by atoms with E-state index in [0.29, 0.717) is 0 Å². The van der Waals surface area contributed by atoms with Gasteiger partial charge in [0.05, 0.1) is 23.8 Å². The highest BCUT2D eigenvalue weighted by atomic mass is 32.1. The van der Waals surface area contributed by atoms with Gasteiger partial charge in [-0.3, -0.25) is 4.90 Å². The Balaban J connectivity index is 1.41. The molecule has 1 saturated heterocycles. The number of rotatable bonds is 6. The van der Waals surface area contributed by atoms with Crippen molar-refractivity contribution in [1.29, 1.82) is 0 Å². The fourth-order valence-electron chi connectivity index (χ4n) is 3.16. The topological polar surface area (TPSA) is 63.2 Å². The molecule has 0 spiro atoms. The zero-order valence-corrected chi connectivity index (χ0v) is 18.0. The summed E-state index contributed by atoms with van der Waals surface area (Å²) in [6.45, 7) is 4.37. The first-order valence-corrected chi connectivity index (χ1v) is 11.9. The van der Waals surface area contributed by atoms with Gasteiger partial charge in [-0.1, -0.05) is 59.1 Å². The number of thiophene rings is 1. The van der Waals surface area contributed by atoms with Gasteiger partial charge in [-0.15, -0.1) is 21.5 Å². The highest BCUT2D eigenvalue weighted by Gasteiger charge is 2.19. The third-order valence-electron chi connectivity index (χ3n) is 4.59. The standard InChI is InChI=1S/C20H19N5OS3/c1-2-5-14(6-3-1)17-16(13-25-8-10-26-11-9-25)28-19(21-17)22-20-24-23-18(29-20)15-7-4-12-27-15/h1-7,12H,8-11,13H2,(H,21,22,24). The van der Waals surface area contributed by atoms with Crippen LogP contribution in [0.2, 0.25) is 0 Å². The van der Waals surface area contributed by atoms with E-state index in [9.17, 15) is 0 Å². The van der Waals surface area contributed by atoms with Gasteiger partial charge in [0.15, 0.2) is 10.1 Å². The summed E-state index contributed by atoms with van der Waals surface area (Å²) in [4.78, 5) is 9.71. The quantitative estimate of drug-likeness (QED) is 0.456. The van der Waals surface area contributed by atoms with Crippen molar-refractivity contribution < 1.29 is 4.74 Å². The van der Waals surface area contributed by atoms with Crippen LogP contribution in [0.15, 0.2) is 47.8 Å². The van der Waals surface area contributed by atoms with Crippen LogP contribution >= 0.6 is 34.0 Å². The predicted octanol–water partition coefficient (Wildman–Crippen LogP) is 4.97. The molecule has 29 heavy (non-hydrogen) atoms. The molecule has 0 bridgehead atoms. The second-order valence-electron chi connectivity index (χ2n) is 6.56. The first kappa shape index (κ1) is 18.8. The van der Waals surface area contributed by atoms with Crippen molar-refractivity contribution in [1.82, 2.24) is 20.1 Å². The smallest absolute Gasteiger partial charge is 0.212 e. The average molecular weight is 442 g/mol. The predicted molar refractivity (Wildman–Crippen MR) is 120 cm³/mol. The van der Waals surface area contributed by atoms with Crippen LogP contribution in [-0.4, -0.2) is 46.4 Å². The van der Waals surface area contributed by atoms with Crippen LogP contribution in [0, 0.1) is 0 Å². The lowest BCUT2D eigenvalue weighted by atomic mass is 10.1. The van der Waals surface area contributed by atoms with Crippen LogP contribution in [-0.2, 0) is 11.3 Å². The Labute approximate surface area is 180 Å². The van der Waals surface area contributed by atoms with E-state index < -0.39 is 0 Å². The van der Waals surface area contributed by atoms with Gasteiger partial charge >= 0.3 is 0 Å². The molecule has 1 N–H and O–H groups in total. The Hall–Kier alpha value is -2.17. The van der Waals surface area contributed by atoms with Crippen LogP contribution in [0.25, 0.3) is 21.1 Å². The summed E-state index contributed by atoms with van der Waals surface area (Å²) in [5.41, 5.74) is 2.17. The van der Waals surface area contributed by atoms with E-state index in [1.807, 2.05) is 12.1 Å². The molecular formula is C20H19N5OS3. The van der Waals surface area contributed by atoms with E-state index >= 15 is 0 Å². The number of benzene rings is 1. The monoisotopic (exact) mass is 441 g/mol. The van der Waals surface area contributed by atoms with Gasteiger partial charge in [-0.05, 0) is 11.4 Å². The summed E-state index contributed by atoms with van der Waals surface area (Å²) in [6.07, 6.45) is 0. The molecule has 1 aliphatic rings. The molecule has 4 heterocycles. The molecule has 0 saturated carbocycles. The minimum absolute atomic E-state index is 0.764. The molecule has 1 aromatic carbocycles. The van der Waals surface area contributed by atoms with Crippen molar-refractivity contribution in [2.24, 2.45) is 0 Å². The molecule has 1 fully saturated rings. The highest BCUT2D eigenvalue weighted by Crippen LogP contribution is 2.36. The van der Waals surface area contributed by atoms with E-state index in [1.165, 1.54) is 4.88 Å². The third-order valence-corrected chi connectivity index (χ3v) is 7.42. The maximum atomic E-state index is 5.49. The first-order chi connectivity index (χ1) is 14.3. The molecule has 0 atom stereocenters. The molecule has 0 radical (unpaired) electrons. The number of hydrogen-bond donors (Lipinski definition) is 1. The molecular weight excluding hydrogens is 422 g/mol. The Morgan fingerprint density at radius 1 is 0.966 bits per heavy atom. The minimum Gasteiger partial charge on any atom is -0.379 e. The van der Waals surface area contributed by atoms with Crippen LogP contribution in [0.1, 0.15) is 4.88 Å². The molecule has 5 rings (SSSR count). The molecule has 6 nitrogen and oxygen atoms in total. The molecule has 3 aromatic heterocycles. The Kier molecular flexibility index (Phi) is 5.64. The molecule has 0 amide bonds. The number of thiazole rings is 1. The van der Waals surface area contributed by atoms with Crippen LogP contribution < -0.4 is 5.32 Å². The summed E-state index contributed by atoms with van der Waals surface area (Å²) in [5, 5.41) is 16.6. The van der Waals surface area contributed by atoms with E-state index in [1.54, 1.807) is 34.0 Å².